The van der Waals surface area contributed by atoms with Gasteiger partial charge in [0, 0.05) is 36.7 Å². The van der Waals surface area contributed by atoms with Crippen molar-refractivity contribution < 1.29 is 14.6 Å². The average Bonchev–Trinajstić information content (AvgIpc) is 2.92. The molecule has 4 rings (SSSR count). The van der Waals surface area contributed by atoms with Crippen molar-refractivity contribution in [1.29, 1.82) is 0 Å². The molecule has 1 unspecified atom stereocenters. The first-order chi connectivity index (χ1) is 11.6. The van der Waals surface area contributed by atoms with E-state index < -0.39 is 0 Å². The summed E-state index contributed by atoms with van der Waals surface area (Å²) in [6, 6.07) is 0.351. The van der Waals surface area contributed by atoms with Crippen molar-refractivity contribution in [2.45, 2.75) is 31.8 Å². The molecule has 0 radical (unpaired) electrons. The highest BCUT2D eigenvalue weighted by Crippen LogP contribution is 2.33. The number of aromatic amines is 1. The van der Waals surface area contributed by atoms with Gasteiger partial charge in [-0.25, -0.2) is 4.98 Å². The van der Waals surface area contributed by atoms with Gasteiger partial charge >= 0.3 is 0 Å². The first-order valence-corrected chi connectivity index (χ1v) is 8.42. The van der Waals surface area contributed by atoms with Crippen LogP contribution < -0.4 is 5.32 Å². The standard InChI is InChI=1S/C17H22N4O3/c1-21(10-3-2-6-24-9-10)8-12-14-11-4-5-18-17(23)15(11)19-7-13(14)20-16(12)22/h7,10,20,22H,2-6,8-9H2,1H3,(H,18,23). The van der Waals surface area contributed by atoms with Crippen LogP contribution in [0.5, 0.6) is 5.88 Å². The molecular formula is C17H22N4O3. The predicted octanol–water partition coefficient (Wildman–Crippen LogP) is 1.17. The van der Waals surface area contributed by atoms with E-state index >= 15 is 0 Å². The Morgan fingerprint density at radius 3 is 3.17 bits per heavy atom. The molecular weight excluding hydrogens is 308 g/mol. The van der Waals surface area contributed by atoms with Crippen LogP contribution in [0.3, 0.4) is 0 Å². The van der Waals surface area contributed by atoms with Crippen molar-refractivity contribution >= 4 is 16.8 Å². The Kier molecular flexibility index (Phi) is 3.90. The molecule has 1 fully saturated rings. The van der Waals surface area contributed by atoms with E-state index in [1.54, 1.807) is 6.20 Å². The molecule has 7 heteroatoms. The van der Waals surface area contributed by atoms with Gasteiger partial charge in [-0.05, 0) is 31.9 Å². The van der Waals surface area contributed by atoms with Gasteiger partial charge in [-0.15, -0.1) is 0 Å². The number of amides is 1. The van der Waals surface area contributed by atoms with E-state index in [4.69, 9.17) is 4.74 Å². The zero-order valence-corrected chi connectivity index (χ0v) is 13.8. The van der Waals surface area contributed by atoms with Crippen LogP contribution >= 0.6 is 0 Å². The van der Waals surface area contributed by atoms with E-state index in [1.807, 2.05) is 0 Å². The largest absolute Gasteiger partial charge is 0.494 e. The van der Waals surface area contributed by atoms with Gasteiger partial charge in [0.2, 0.25) is 0 Å². The second-order valence-electron chi connectivity index (χ2n) is 6.62. The van der Waals surface area contributed by atoms with Gasteiger partial charge < -0.3 is 20.1 Å². The Morgan fingerprint density at radius 2 is 2.38 bits per heavy atom. The van der Waals surface area contributed by atoms with Gasteiger partial charge in [0.05, 0.1) is 18.3 Å². The second-order valence-corrected chi connectivity index (χ2v) is 6.62. The third kappa shape index (κ3) is 2.53. The number of aromatic hydroxyl groups is 1. The molecule has 1 amide bonds. The molecule has 3 N–H and O–H groups in total. The highest BCUT2D eigenvalue weighted by Gasteiger charge is 2.26. The third-order valence-electron chi connectivity index (χ3n) is 5.06. The zero-order valence-electron chi connectivity index (χ0n) is 13.8. The van der Waals surface area contributed by atoms with Gasteiger partial charge in [-0.1, -0.05) is 0 Å². The number of carbonyl (C=O) groups excluding carboxylic acids is 1. The van der Waals surface area contributed by atoms with Crippen LogP contribution in [0.1, 0.15) is 34.5 Å². The van der Waals surface area contributed by atoms with Crippen LogP contribution in [0.25, 0.3) is 10.9 Å². The number of rotatable bonds is 3. The van der Waals surface area contributed by atoms with Crippen LogP contribution in [0.4, 0.5) is 0 Å². The molecule has 24 heavy (non-hydrogen) atoms. The van der Waals surface area contributed by atoms with E-state index in [2.05, 4.69) is 27.2 Å². The molecule has 1 atom stereocenters. The van der Waals surface area contributed by atoms with Crippen LogP contribution in [-0.4, -0.2) is 58.7 Å². The number of hydrogen-bond donors (Lipinski definition) is 3. The first-order valence-electron chi connectivity index (χ1n) is 8.42. The summed E-state index contributed by atoms with van der Waals surface area (Å²) in [4.78, 5) is 21.5. The lowest BCUT2D eigenvalue weighted by molar-refractivity contribution is 0.0249. The molecule has 7 nitrogen and oxygen atoms in total. The van der Waals surface area contributed by atoms with E-state index in [-0.39, 0.29) is 11.8 Å². The van der Waals surface area contributed by atoms with Gasteiger partial charge in [0.25, 0.3) is 5.91 Å². The highest BCUT2D eigenvalue weighted by molar-refractivity contribution is 6.01. The minimum Gasteiger partial charge on any atom is -0.494 e. The summed E-state index contributed by atoms with van der Waals surface area (Å²) in [6.45, 7) is 2.76. The Morgan fingerprint density at radius 1 is 1.50 bits per heavy atom. The quantitative estimate of drug-likeness (QED) is 0.786. The summed E-state index contributed by atoms with van der Waals surface area (Å²) in [7, 11) is 2.05. The number of pyridine rings is 1. The van der Waals surface area contributed by atoms with Crippen LogP contribution in [0.15, 0.2) is 6.20 Å². The fourth-order valence-corrected chi connectivity index (χ4v) is 3.74. The molecule has 2 aromatic rings. The number of nitrogens with one attached hydrogen (secondary N) is 2. The molecule has 0 saturated carbocycles. The van der Waals surface area contributed by atoms with Crippen molar-refractivity contribution in [2.75, 3.05) is 26.8 Å². The van der Waals surface area contributed by atoms with Crippen molar-refractivity contribution in [3.63, 3.8) is 0 Å². The lowest BCUT2D eigenvalue weighted by Gasteiger charge is -2.31. The number of carbonyl (C=O) groups is 1. The maximum absolute atomic E-state index is 12.0. The van der Waals surface area contributed by atoms with Crippen molar-refractivity contribution in [3.8, 4) is 5.88 Å². The maximum Gasteiger partial charge on any atom is 0.270 e. The monoisotopic (exact) mass is 330 g/mol. The van der Waals surface area contributed by atoms with Gasteiger partial charge in [-0.2, -0.15) is 0 Å². The molecule has 2 aliphatic rings. The molecule has 128 valence electrons. The smallest absolute Gasteiger partial charge is 0.270 e. The number of hydrogen-bond acceptors (Lipinski definition) is 5. The Hall–Kier alpha value is -2.12. The number of ether oxygens (including phenoxy) is 1. The number of fused-ring (bicyclic) bond motifs is 3. The fourth-order valence-electron chi connectivity index (χ4n) is 3.74. The highest BCUT2D eigenvalue weighted by atomic mass is 16.5. The summed E-state index contributed by atoms with van der Waals surface area (Å²) in [5.41, 5.74) is 3.02. The molecule has 2 aromatic heterocycles. The van der Waals surface area contributed by atoms with E-state index in [1.165, 1.54) is 0 Å². The average molecular weight is 330 g/mol. The maximum atomic E-state index is 12.0. The van der Waals surface area contributed by atoms with E-state index in [9.17, 15) is 9.90 Å². The topological polar surface area (TPSA) is 90.5 Å². The zero-order chi connectivity index (χ0) is 16.7. The van der Waals surface area contributed by atoms with Crippen molar-refractivity contribution in [2.24, 2.45) is 0 Å². The lowest BCUT2D eigenvalue weighted by Crippen LogP contribution is -2.38. The normalized spacial score (nSPS) is 21.1. The van der Waals surface area contributed by atoms with Crippen molar-refractivity contribution in [3.05, 3.63) is 23.0 Å². The van der Waals surface area contributed by atoms with Crippen LogP contribution in [0.2, 0.25) is 0 Å². The van der Waals surface area contributed by atoms with E-state index in [0.29, 0.717) is 24.8 Å². The molecule has 0 aliphatic carbocycles. The number of H-pyrrole nitrogens is 1. The number of aromatic nitrogens is 2. The van der Waals surface area contributed by atoms with E-state index in [0.717, 1.165) is 54.5 Å². The summed E-state index contributed by atoms with van der Waals surface area (Å²) < 4.78 is 5.57. The Balaban J connectivity index is 1.73. The first kappa shape index (κ1) is 15.4. The second kappa shape index (κ2) is 6.07. The Bertz CT molecular complexity index is 780. The molecule has 4 heterocycles. The van der Waals surface area contributed by atoms with Crippen LogP contribution in [0, 0.1) is 0 Å². The summed E-state index contributed by atoms with van der Waals surface area (Å²) in [5, 5.41) is 14.2. The predicted molar refractivity (Wildman–Crippen MR) is 89.1 cm³/mol. The van der Waals surface area contributed by atoms with Gasteiger partial charge in [0.1, 0.15) is 5.69 Å². The van der Waals surface area contributed by atoms with Gasteiger partial charge in [0.15, 0.2) is 5.88 Å². The summed E-state index contributed by atoms with van der Waals surface area (Å²) in [6.07, 6.45) is 4.52. The molecule has 0 bridgehead atoms. The minimum atomic E-state index is -0.140. The summed E-state index contributed by atoms with van der Waals surface area (Å²) in [5.74, 6) is 0.0218. The lowest BCUT2D eigenvalue weighted by atomic mass is 9.98. The fraction of sp³-hybridized carbons (Fsp3) is 0.529. The molecule has 0 aromatic carbocycles. The van der Waals surface area contributed by atoms with Crippen molar-refractivity contribution in [1.82, 2.24) is 20.2 Å². The number of nitrogens with zero attached hydrogens (tertiary/aromatic N) is 2. The Labute approximate surface area is 140 Å². The molecule has 0 spiro atoms. The van der Waals surface area contributed by atoms with Crippen LogP contribution in [-0.2, 0) is 17.7 Å². The summed E-state index contributed by atoms with van der Waals surface area (Å²) >= 11 is 0. The SMILES string of the molecule is CN(Cc1c(O)[nH]c2cnc3c(c12)CCNC3=O)C1CCCOC1. The van der Waals surface area contributed by atoms with Gasteiger partial charge in [-0.3, -0.25) is 9.69 Å². The molecule has 2 aliphatic heterocycles. The minimum absolute atomic E-state index is 0.140. The molecule has 1 saturated heterocycles. The number of likely N-dealkylation sites (N-methyl/N-ethyl adjacent to an activating group) is 1. The third-order valence-corrected chi connectivity index (χ3v) is 5.06.